The number of aliphatic hydroxyl groups is 1. The third-order valence-electron chi connectivity index (χ3n) is 2.85. The highest BCUT2D eigenvalue weighted by Crippen LogP contribution is 2.30. The molecule has 1 aromatic carbocycles. The molecule has 0 fully saturated rings. The van der Waals surface area contributed by atoms with E-state index in [0.29, 0.717) is 36.7 Å². The molecule has 5 nitrogen and oxygen atoms in total. The van der Waals surface area contributed by atoms with Crippen molar-refractivity contribution in [2.75, 3.05) is 19.8 Å². The van der Waals surface area contributed by atoms with E-state index in [1.807, 2.05) is 6.92 Å². The molecule has 1 aromatic rings. The minimum atomic E-state index is -0.217. The van der Waals surface area contributed by atoms with Crippen molar-refractivity contribution >= 4 is 5.91 Å². The first-order valence-electron chi connectivity index (χ1n) is 6.06. The van der Waals surface area contributed by atoms with Gasteiger partial charge in [0.15, 0.2) is 11.5 Å². The van der Waals surface area contributed by atoms with Crippen molar-refractivity contribution in [2.24, 2.45) is 0 Å². The van der Waals surface area contributed by atoms with Gasteiger partial charge in [-0.2, -0.15) is 0 Å². The molecule has 18 heavy (non-hydrogen) atoms. The smallest absolute Gasteiger partial charge is 0.251 e. The molecule has 2 rings (SSSR count). The molecule has 0 radical (unpaired) electrons. The van der Waals surface area contributed by atoms with E-state index < -0.39 is 0 Å². The summed E-state index contributed by atoms with van der Waals surface area (Å²) in [7, 11) is 0. The normalized spacial score (nSPS) is 15.0. The lowest BCUT2D eigenvalue weighted by molar-refractivity contribution is 0.0913. The molecule has 1 aliphatic rings. The summed E-state index contributed by atoms with van der Waals surface area (Å²) in [5, 5.41) is 11.8. The Morgan fingerprint density at radius 1 is 1.39 bits per heavy atom. The molecule has 0 unspecified atom stereocenters. The van der Waals surface area contributed by atoms with Crippen molar-refractivity contribution < 1.29 is 19.4 Å². The molecular weight excluding hydrogens is 234 g/mol. The highest BCUT2D eigenvalue weighted by Gasteiger charge is 2.16. The van der Waals surface area contributed by atoms with E-state index in [1.54, 1.807) is 18.2 Å². The average Bonchev–Trinajstić information content (AvgIpc) is 2.44. The first-order valence-corrected chi connectivity index (χ1v) is 6.06. The van der Waals surface area contributed by atoms with Crippen LogP contribution in [0, 0.1) is 0 Å². The second kappa shape index (κ2) is 5.73. The van der Waals surface area contributed by atoms with Crippen molar-refractivity contribution in [1.29, 1.82) is 0 Å². The Bertz CT molecular complexity index is 429. The number of carbonyl (C=O) groups excluding carboxylic acids is 1. The van der Waals surface area contributed by atoms with Gasteiger partial charge in [-0.1, -0.05) is 6.92 Å². The molecule has 5 heteroatoms. The van der Waals surface area contributed by atoms with Gasteiger partial charge in [0.1, 0.15) is 13.2 Å². The van der Waals surface area contributed by atoms with Gasteiger partial charge < -0.3 is 19.9 Å². The number of rotatable bonds is 4. The Morgan fingerprint density at radius 3 is 2.78 bits per heavy atom. The summed E-state index contributed by atoms with van der Waals surface area (Å²) in [5.74, 6) is 1.03. The zero-order chi connectivity index (χ0) is 13.0. The second-order valence-corrected chi connectivity index (χ2v) is 4.12. The second-order valence-electron chi connectivity index (χ2n) is 4.12. The van der Waals surface area contributed by atoms with Gasteiger partial charge in [0, 0.05) is 5.56 Å². The summed E-state index contributed by atoms with van der Waals surface area (Å²) in [6, 6.07) is 4.86. The summed E-state index contributed by atoms with van der Waals surface area (Å²) in [6.45, 7) is 2.87. The van der Waals surface area contributed by atoms with Crippen LogP contribution in [0.1, 0.15) is 23.7 Å². The quantitative estimate of drug-likeness (QED) is 0.836. The summed E-state index contributed by atoms with van der Waals surface area (Å²) in [5.41, 5.74) is 0.506. The molecule has 2 N–H and O–H groups in total. The van der Waals surface area contributed by atoms with Gasteiger partial charge in [-0.3, -0.25) is 4.79 Å². The average molecular weight is 251 g/mol. The lowest BCUT2D eigenvalue weighted by Crippen LogP contribution is -2.36. The molecular formula is C13H17NO4. The van der Waals surface area contributed by atoms with Crippen molar-refractivity contribution in [2.45, 2.75) is 19.4 Å². The number of carbonyl (C=O) groups is 1. The molecule has 0 spiro atoms. The molecule has 0 saturated carbocycles. The van der Waals surface area contributed by atoms with Crippen LogP contribution < -0.4 is 14.8 Å². The predicted molar refractivity (Wildman–Crippen MR) is 66.1 cm³/mol. The fourth-order valence-electron chi connectivity index (χ4n) is 1.73. The number of hydrogen-bond acceptors (Lipinski definition) is 4. The van der Waals surface area contributed by atoms with Crippen molar-refractivity contribution in [3.8, 4) is 11.5 Å². The number of ether oxygens (including phenoxy) is 2. The van der Waals surface area contributed by atoms with Crippen LogP contribution in [0.5, 0.6) is 11.5 Å². The van der Waals surface area contributed by atoms with E-state index in [0.717, 1.165) is 0 Å². The van der Waals surface area contributed by atoms with E-state index in [4.69, 9.17) is 14.6 Å². The molecule has 1 aliphatic heterocycles. The zero-order valence-electron chi connectivity index (χ0n) is 10.3. The predicted octanol–water partition coefficient (Wildman–Crippen LogP) is 0.959. The SMILES string of the molecule is CC[C@@H](CO)NC(=O)c1ccc2c(c1)OCCO2. The van der Waals surface area contributed by atoms with Crippen molar-refractivity contribution in [3.05, 3.63) is 23.8 Å². The highest BCUT2D eigenvalue weighted by molar-refractivity contribution is 5.95. The van der Waals surface area contributed by atoms with E-state index in [-0.39, 0.29) is 18.6 Å². The van der Waals surface area contributed by atoms with E-state index in [9.17, 15) is 4.79 Å². The van der Waals surface area contributed by atoms with Gasteiger partial charge in [-0.25, -0.2) is 0 Å². The number of hydrogen-bond donors (Lipinski definition) is 2. The minimum Gasteiger partial charge on any atom is -0.486 e. The summed E-state index contributed by atoms with van der Waals surface area (Å²) < 4.78 is 10.8. The van der Waals surface area contributed by atoms with Gasteiger partial charge >= 0.3 is 0 Å². The largest absolute Gasteiger partial charge is 0.486 e. The van der Waals surface area contributed by atoms with Gasteiger partial charge in [0.25, 0.3) is 5.91 Å². The van der Waals surface area contributed by atoms with Gasteiger partial charge in [-0.05, 0) is 24.6 Å². The fourth-order valence-corrected chi connectivity index (χ4v) is 1.73. The van der Waals surface area contributed by atoms with Gasteiger partial charge in [-0.15, -0.1) is 0 Å². The molecule has 0 bridgehead atoms. The Kier molecular flexibility index (Phi) is 4.04. The van der Waals surface area contributed by atoms with Crippen LogP contribution in [0.25, 0.3) is 0 Å². The number of benzene rings is 1. The monoisotopic (exact) mass is 251 g/mol. The Hall–Kier alpha value is -1.75. The minimum absolute atomic E-state index is 0.0627. The third kappa shape index (κ3) is 2.73. The first-order chi connectivity index (χ1) is 8.74. The van der Waals surface area contributed by atoms with Crippen LogP contribution in [-0.2, 0) is 0 Å². The fraction of sp³-hybridized carbons (Fsp3) is 0.462. The Morgan fingerprint density at radius 2 is 2.11 bits per heavy atom. The summed E-state index contributed by atoms with van der Waals surface area (Å²) in [4.78, 5) is 11.9. The van der Waals surface area contributed by atoms with Crippen LogP contribution in [0.15, 0.2) is 18.2 Å². The van der Waals surface area contributed by atoms with Crippen LogP contribution in [0.3, 0.4) is 0 Å². The highest BCUT2D eigenvalue weighted by atomic mass is 16.6. The van der Waals surface area contributed by atoms with Crippen LogP contribution in [-0.4, -0.2) is 36.9 Å². The van der Waals surface area contributed by atoms with Crippen molar-refractivity contribution in [3.63, 3.8) is 0 Å². The molecule has 1 amide bonds. The van der Waals surface area contributed by atoms with Crippen molar-refractivity contribution in [1.82, 2.24) is 5.32 Å². The first kappa shape index (κ1) is 12.7. The maximum Gasteiger partial charge on any atom is 0.251 e. The van der Waals surface area contributed by atoms with E-state index in [1.165, 1.54) is 0 Å². The number of amides is 1. The Balaban J connectivity index is 2.11. The molecule has 98 valence electrons. The number of nitrogens with one attached hydrogen (secondary N) is 1. The van der Waals surface area contributed by atoms with Gasteiger partial charge in [0.2, 0.25) is 0 Å². The van der Waals surface area contributed by atoms with Gasteiger partial charge in [0.05, 0.1) is 12.6 Å². The lowest BCUT2D eigenvalue weighted by Gasteiger charge is -2.19. The summed E-state index contributed by atoms with van der Waals surface area (Å²) in [6.07, 6.45) is 0.687. The number of fused-ring (bicyclic) bond motifs is 1. The van der Waals surface area contributed by atoms with Crippen LogP contribution in [0.4, 0.5) is 0 Å². The molecule has 0 saturated heterocycles. The van der Waals surface area contributed by atoms with E-state index >= 15 is 0 Å². The standard InChI is InChI=1S/C13H17NO4/c1-2-10(8-15)14-13(16)9-3-4-11-12(7-9)18-6-5-17-11/h3-4,7,10,15H,2,5-6,8H2,1H3,(H,14,16)/t10-/m0/s1. The maximum atomic E-state index is 11.9. The molecule has 0 aliphatic carbocycles. The molecule has 1 heterocycles. The van der Waals surface area contributed by atoms with Crippen LogP contribution in [0.2, 0.25) is 0 Å². The zero-order valence-corrected chi connectivity index (χ0v) is 10.3. The maximum absolute atomic E-state index is 11.9. The third-order valence-corrected chi connectivity index (χ3v) is 2.85. The topological polar surface area (TPSA) is 67.8 Å². The number of aliphatic hydroxyl groups excluding tert-OH is 1. The lowest BCUT2D eigenvalue weighted by atomic mass is 10.1. The molecule has 1 atom stereocenters. The van der Waals surface area contributed by atoms with E-state index in [2.05, 4.69) is 5.32 Å². The Labute approximate surface area is 106 Å². The summed E-state index contributed by atoms with van der Waals surface area (Å²) >= 11 is 0. The molecule has 0 aromatic heterocycles. The van der Waals surface area contributed by atoms with Crippen LogP contribution >= 0.6 is 0 Å².